The van der Waals surface area contributed by atoms with Crippen LogP contribution >= 0.6 is 0 Å². The van der Waals surface area contributed by atoms with Crippen LogP contribution in [0.3, 0.4) is 0 Å². The summed E-state index contributed by atoms with van der Waals surface area (Å²) in [6.45, 7) is 0. The lowest BCUT2D eigenvalue weighted by Crippen LogP contribution is -2.07. The molecule has 0 unspecified atom stereocenters. The predicted molar refractivity (Wildman–Crippen MR) is 129 cm³/mol. The Morgan fingerprint density at radius 2 is 1.62 bits per heavy atom. The molecule has 32 heavy (non-hydrogen) atoms. The van der Waals surface area contributed by atoms with Crippen LogP contribution in [0.1, 0.15) is 5.56 Å². The van der Waals surface area contributed by atoms with Gasteiger partial charge in [-0.2, -0.15) is 5.10 Å². The third kappa shape index (κ3) is 4.20. The fourth-order valence-electron chi connectivity index (χ4n) is 3.60. The van der Waals surface area contributed by atoms with Crippen molar-refractivity contribution in [1.29, 1.82) is 0 Å². The molecule has 5 rings (SSSR count). The van der Waals surface area contributed by atoms with E-state index >= 15 is 0 Å². The van der Waals surface area contributed by atoms with Crippen LogP contribution in [0.2, 0.25) is 0 Å². The number of amides is 1. The Labute approximate surface area is 186 Å². The number of nitrogens with one attached hydrogen (secondary N) is 1. The van der Waals surface area contributed by atoms with Crippen molar-refractivity contribution < 1.29 is 4.79 Å². The number of aromatic nitrogens is 2. The molecule has 1 radical (unpaired) electrons. The van der Waals surface area contributed by atoms with Gasteiger partial charge in [0, 0.05) is 29.1 Å². The molecule has 4 aromatic carbocycles. The van der Waals surface area contributed by atoms with E-state index in [0.717, 1.165) is 33.6 Å². The van der Waals surface area contributed by atoms with Crippen LogP contribution < -0.4 is 5.32 Å². The number of carbonyl (C=O) groups excluding carboxylic acids is 1. The zero-order valence-corrected chi connectivity index (χ0v) is 17.3. The summed E-state index contributed by atoms with van der Waals surface area (Å²) in [6, 6.07) is 34.6. The van der Waals surface area contributed by atoms with Gasteiger partial charge in [0.2, 0.25) is 5.91 Å². The molecule has 1 heterocycles. The van der Waals surface area contributed by atoms with Gasteiger partial charge in [-0.1, -0.05) is 66.7 Å². The third-order valence-electron chi connectivity index (χ3n) is 5.19. The molecule has 0 fully saturated rings. The molecule has 1 amide bonds. The highest BCUT2D eigenvalue weighted by Gasteiger charge is 2.12. The highest BCUT2D eigenvalue weighted by atomic mass is 16.1. The molecule has 0 bridgehead atoms. The van der Waals surface area contributed by atoms with Crippen LogP contribution in [0, 0.1) is 6.07 Å². The van der Waals surface area contributed by atoms with Crippen molar-refractivity contribution in [3.05, 3.63) is 121 Å². The van der Waals surface area contributed by atoms with Crippen molar-refractivity contribution in [2.45, 2.75) is 0 Å². The molecule has 0 saturated carbocycles. The first-order valence-electron chi connectivity index (χ1n) is 10.4. The Morgan fingerprint density at radius 1 is 0.875 bits per heavy atom. The molecule has 0 aliphatic rings. The minimum absolute atomic E-state index is 0.201. The van der Waals surface area contributed by atoms with Crippen LogP contribution in [-0.2, 0) is 4.79 Å². The van der Waals surface area contributed by atoms with Crippen LogP contribution in [-0.4, -0.2) is 15.7 Å². The van der Waals surface area contributed by atoms with Crippen molar-refractivity contribution in [3.8, 4) is 16.9 Å². The number of rotatable bonds is 5. The number of carbonyl (C=O) groups is 1. The first kappa shape index (κ1) is 19.5. The van der Waals surface area contributed by atoms with Gasteiger partial charge < -0.3 is 5.32 Å². The molecular weight excluding hydrogens is 394 g/mol. The van der Waals surface area contributed by atoms with Gasteiger partial charge in [0.1, 0.15) is 0 Å². The Balaban J connectivity index is 1.52. The SMILES string of the molecule is O=C(C=Cc1cn(-c2ccccc2)nc1-c1ccc2ccccc2c1)Nc1cc[c]cc1. The van der Waals surface area contributed by atoms with E-state index in [-0.39, 0.29) is 5.91 Å². The molecule has 0 saturated heterocycles. The molecule has 0 atom stereocenters. The standard InChI is InChI=1S/C28H20N3O/c32-27(29-25-11-3-1-4-12-25)18-17-24-20-31(26-13-5-2-6-14-26)30-28(24)23-16-15-21-9-7-8-10-22(21)19-23/h2-20H,(H,29,32). The van der Waals surface area contributed by atoms with E-state index in [9.17, 15) is 4.79 Å². The number of hydrogen-bond acceptors (Lipinski definition) is 2. The van der Waals surface area contributed by atoms with Crippen molar-refractivity contribution >= 4 is 28.4 Å². The maximum Gasteiger partial charge on any atom is 0.248 e. The maximum absolute atomic E-state index is 12.4. The maximum atomic E-state index is 12.4. The summed E-state index contributed by atoms with van der Waals surface area (Å²) in [4.78, 5) is 12.4. The van der Waals surface area contributed by atoms with Crippen LogP contribution in [0.4, 0.5) is 5.69 Å². The second kappa shape index (κ2) is 8.74. The van der Waals surface area contributed by atoms with Gasteiger partial charge in [-0.3, -0.25) is 4.79 Å². The van der Waals surface area contributed by atoms with Gasteiger partial charge >= 0.3 is 0 Å². The quantitative estimate of drug-likeness (QED) is 0.351. The summed E-state index contributed by atoms with van der Waals surface area (Å²) >= 11 is 0. The number of anilines is 1. The molecule has 1 N–H and O–H groups in total. The molecule has 153 valence electrons. The Hall–Kier alpha value is -4.44. The molecule has 4 heteroatoms. The molecule has 0 aliphatic heterocycles. The summed E-state index contributed by atoms with van der Waals surface area (Å²) in [5, 5.41) is 10.0. The van der Waals surface area contributed by atoms with E-state index in [1.165, 1.54) is 11.5 Å². The number of para-hydroxylation sites is 1. The van der Waals surface area contributed by atoms with E-state index in [0.29, 0.717) is 0 Å². The molecular formula is C28H20N3O. The van der Waals surface area contributed by atoms with Crippen LogP contribution in [0.15, 0.2) is 109 Å². The highest BCUT2D eigenvalue weighted by molar-refractivity contribution is 6.02. The molecule has 0 spiro atoms. The van der Waals surface area contributed by atoms with Crippen LogP contribution in [0.5, 0.6) is 0 Å². The topological polar surface area (TPSA) is 46.9 Å². The van der Waals surface area contributed by atoms with Gasteiger partial charge in [-0.05, 0) is 53.2 Å². The van der Waals surface area contributed by atoms with Crippen molar-refractivity contribution in [2.24, 2.45) is 0 Å². The van der Waals surface area contributed by atoms with Gasteiger partial charge in [0.05, 0.1) is 11.4 Å². The summed E-state index contributed by atoms with van der Waals surface area (Å²) in [5.41, 5.74) is 4.36. The highest BCUT2D eigenvalue weighted by Crippen LogP contribution is 2.28. The van der Waals surface area contributed by atoms with Crippen molar-refractivity contribution in [2.75, 3.05) is 5.32 Å². The van der Waals surface area contributed by atoms with Gasteiger partial charge in [0.25, 0.3) is 0 Å². The lowest BCUT2D eigenvalue weighted by molar-refractivity contribution is -0.111. The summed E-state index contributed by atoms with van der Waals surface area (Å²) < 4.78 is 1.84. The second-order valence-electron chi connectivity index (χ2n) is 7.39. The van der Waals surface area contributed by atoms with E-state index in [1.807, 2.05) is 53.3 Å². The summed E-state index contributed by atoms with van der Waals surface area (Å²) in [5.74, 6) is -0.201. The Kier molecular flexibility index (Phi) is 5.33. The average molecular weight is 414 g/mol. The zero-order valence-electron chi connectivity index (χ0n) is 17.3. The van der Waals surface area contributed by atoms with Crippen molar-refractivity contribution in [3.63, 3.8) is 0 Å². The number of fused-ring (bicyclic) bond motifs is 1. The summed E-state index contributed by atoms with van der Waals surface area (Å²) in [6.07, 6.45) is 5.29. The van der Waals surface area contributed by atoms with E-state index in [4.69, 9.17) is 5.10 Å². The second-order valence-corrected chi connectivity index (χ2v) is 7.39. The monoisotopic (exact) mass is 414 g/mol. The first-order valence-corrected chi connectivity index (χ1v) is 10.4. The molecule has 5 aromatic rings. The van der Waals surface area contributed by atoms with Gasteiger partial charge in [-0.15, -0.1) is 0 Å². The first-order chi connectivity index (χ1) is 15.8. The normalized spacial score (nSPS) is 11.1. The van der Waals surface area contributed by atoms with Gasteiger partial charge in [-0.25, -0.2) is 4.68 Å². The lowest BCUT2D eigenvalue weighted by atomic mass is 10.0. The van der Waals surface area contributed by atoms with E-state index in [2.05, 4.69) is 41.7 Å². The zero-order chi connectivity index (χ0) is 21.8. The summed E-state index contributed by atoms with van der Waals surface area (Å²) in [7, 11) is 0. The molecule has 4 nitrogen and oxygen atoms in total. The predicted octanol–water partition coefficient (Wildman–Crippen LogP) is 6.14. The Morgan fingerprint density at radius 3 is 2.44 bits per heavy atom. The van der Waals surface area contributed by atoms with E-state index in [1.54, 1.807) is 30.3 Å². The fourth-order valence-corrected chi connectivity index (χ4v) is 3.60. The number of benzene rings is 4. The minimum atomic E-state index is -0.201. The fraction of sp³-hybridized carbons (Fsp3) is 0. The molecule has 1 aromatic heterocycles. The van der Waals surface area contributed by atoms with Crippen LogP contribution in [0.25, 0.3) is 33.8 Å². The third-order valence-corrected chi connectivity index (χ3v) is 5.19. The molecule has 0 aliphatic carbocycles. The van der Waals surface area contributed by atoms with E-state index < -0.39 is 0 Å². The van der Waals surface area contributed by atoms with Gasteiger partial charge in [0.15, 0.2) is 0 Å². The number of nitrogens with zero attached hydrogens (tertiary/aromatic N) is 2. The van der Waals surface area contributed by atoms with Crippen molar-refractivity contribution in [1.82, 2.24) is 9.78 Å². The Bertz CT molecular complexity index is 1400. The average Bonchev–Trinajstić information content (AvgIpc) is 3.28. The lowest BCUT2D eigenvalue weighted by Gasteiger charge is -2.03. The number of hydrogen-bond donors (Lipinski definition) is 1. The smallest absolute Gasteiger partial charge is 0.248 e. The largest absolute Gasteiger partial charge is 0.323 e. The minimum Gasteiger partial charge on any atom is -0.323 e.